The quantitative estimate of drug-likeness (QED) is 0.394. The second-order valence-electron chi connectivity index (χ2n) is 11.0. The fourth-order valence-corrected chi connectivity index (χ4v) is 5.66. The molecule has 2 atom stereocenters. The van der Waals surface area contributed by atoms with Gasteiger partial charge in [-0.25, -0.2) is 4.79 Å². The summed E-state index contributed by atoms with van der Waals surface area (Å²) in [5.41, 5.74) is 3.08. The van der Waals surface area contributed by atoms with Crippen molar-refractivity contribution in [2.24, 2.45) is 5.92 Å². The molecule has 0 saturated heterocycles. The third-order valence-corrected chi connectivity index (χ3v) is 8.11. The average molecular weight is 548 g/mol. The first kappa shape index (κ1) is 29.2. The summed E-state index contributed by atoms with van der Waals surface area (Å²) >= 11 is 0. The minimum Gasteiger partial charge on any atom is -0.345 e. The Bertz CT molecular complexity index is 1150. The van der Waals surface area contributed by atoms with Gasteiger partial charge >= 0.3 is 6.03 Å². The largest absolute Gasteiger partial charge is 0.345 e. The molecule has 2 heterocycles. The zero-order chi connectivity index (χ0) is 28.3. The summed E-state index contributed by atoms with van der Waals surface area (Å²) in [6, 6.07) is 9.80. The lowest BCUT2D eigenvalue weighted by Crippen LogP contribution is -2.54. The van der Waals surface area contributed by atoms with Crippen LogP contribution in [0, 0.1) is 5.92 Å². The number of fused-ring (bicyclic) bond motifs is 1. The van der Waals surface area contributed by atoms with Gasteiger partial charge in [-0.2, -0.15) is 0 Å². The van der Waals surface area contributed by atoms with Crippen molar-refractivity contribution in [2.45, 2.75) is 76.3 Å². The second kappa shape index (κ2) is 14.6. The molecule has 1 aliphatic heterocycles. The maximum absolute atomic E-state index is 13.4. The molecule has 2 aliphatic rings. The molecule has 0 radical (unpaired) electrons. The van der Waals surface area contributed by atoms with E-state index >= 15 is 0 Å². The number of pyridine rings is 1. The molecule has 9 heteroatoms. The van der Waals surface area contributed by atoms with Crippen molar-refractivity contribution in [3.05, 3.63) is 59.9 Å². The number of benzene rings is 1. The minimum absolute atomic E-state index is 0.0880. The van der Waals surface area contributed by atoms with Gasteiger partial charge in [-0.05, 0) is 60.9 Å². The highest BCUT2D eigenvalue weighted by molar-refractivity contribution is 5.97. The Balaban J connectivity index is 1.32. The highest BCUT2D eigenvalue weighted by Gasteiger charge is 2.31. The number of hydrogen-bond acceptors (Lipinski definition) is 5. The van der Waals surface area contributed by atoms with E-state index in [-0.39, 0.29) is 30.7 Å². The predicted octanol–water partition coefficient (Wildman–Crippen LogP) is 3.66. The SMILES string of the molecule is CN(CCc1ccncc1)C(=O)CC[C@@H](C=O)NC(=O)[C@H](CC1CCCCC1)NC(=O)N1CCc2ccccc21. The van der Waals surface area contributed by atoms with Crippen LogP contribution in [-0.4, -0.2) is 66.2 Å². The van der Waals surface area contributed by atoms with Crippen molar-refractivity contribution in [3.8, 4) is 0 Å². The van der Waals surface area contributed by atoms with Crippen LogP contribution in [0.25, 0.3) is 0 Å². The first-order valence-corrected chi connectivity index (χ1v) is 14.5. The number of hydrogen-bond donors (Lipinski definition) is 2. The number of nitrogens with zero attached hydrogens (tertiary/aromatic N) is 3. The van der Waals surface area contributed by atoms with Gasteiger partial charge in [-0.15, -0.1) is 0 Å². The van der Waals surface area contributed by atoms with Crippen LogP contribution in [0.1, 0.15) is 62.5 Å². The number of anilines is 1. The van der Waals surface area contributed by atoms with Gasteiger partial charge in [-0.1, -0.05) is 50.3 Å². The number of aromatic nitrogens is 1. The Kier molecular flexibility index (Phi) is 10.7. The number of urea groups is 1. The first-order chi connectivity index (χ1) is 19.4. The van der Waals surface area contributed by atoms with E-state index in [9.17, 15) is 19.2 Å². The van der Waals surface area contributed by atoms with E-state index in [4.69, 9.17) is 0 Å². The molecule has 2 aromatic rings. The molecule has 1 aromatic carbocycles. The van der Waals surface area contributed by atoms with Crippen molar-refractivity contribution in [3.63, 3.8) is 0 Å². The molecule has 4 rings (SSSR count). The van der Waals surface area contributed by atoms with E-state index in [0.717, 1.165) is 48.9 Å². The van der Waals surface area contributed by atoms with E-state index < -0.39 is 12.1 Å². The molecule has 0 unspecified atom stereocenters. The second-order valence-corrected chi connectivity index (χ2v) is 11.0. The standard InChI is InChI=1S/C31H41N5O4/c1-35(19-15-23-13-17-32-18-14-23)29(38)12-11-26(22-37)33-30(39)27(21-24-7-3-2-4-8-24)34-31(40)36-20-16-25-9-5-6-10-28(25)36/h5-6,9-10,13-14,17-18,22,24,26-27H,2-4,7-8,11-12,15-16,19-21H2,1H3,(H,33,39)(H,34,40)/t26-,27-/m0/s1. The van der Waals surface area contributed by atoms with Crippen LogP contribution >= 0.6 is 0 Å². The van der Waals surface area contributed by atoms with Gasteiger partial charge < -0.3 is 20.3 Å². The van der Waals surface area contributed by atoms with Crippen LogP contribution in [0.2, 0.25) is 0 Å². The Labute approximate surface area is 236 Å². The van der Waals surface area contributed by atoms with Gasteiger partial charge in [0.05, 0.1) is 6.04 Å². The van der Waals surface area contributed by atoms with Crippen LogP contribution < -0.4 is 15.5 Å². The zero-order valence-electron chi connectivity index (χ0n) is 23.4. The highest BCUT2D eigenvalue weighted by Crippen LogP contribution is 2.29. The van der Waals surface area contributed by atoms with Gasteiger partial charge in [-0.3, -0.25) is 19.5 Å². The average Bonchev–Trinajstić information content (AvgIpc) is 3.43. The van der Waals surface area contributed by atoms with Gasteiger partial charge in [0.25, 0.3) is 0 Å². The fraction of sp³-hybridized carbons (Fsp3) is 0.516. The van der Waals surface area contributed by atoms with Crippen LogP contribution in [-0.2, 0) is 27.2 Å². The molecule has 0 spiro atoms. The summed E-state index contributed by atoms with van der Waals surface area (Å²) in [4.78, 5) is 58.6. The summed E-state index contributed by atoms with van der Waals surface area (Å²) in [6.07, 6.45) is 12.0. The van der Waals surface area contributed by atoms with Gasteiger partial charge in [0.15, 0.2) is 0 Å². The maximum atomic E-state index is 13.4. The normalized spacial score (nSPS) is 16.5. The van der Waals surface area contributed by atoms with E-state index in [2.05, 4.69) is 15.6 Å². The number of rotatable bonds is 12. The smallest absolute Gasteiger partial charge is 0.322 e. The van der Waals surface area contributed by atoms with Crippen molar-refractivity contribution < 1.29 is 19.2 Å². The number of aldehydes is 1. The number of carbonyl (C=O) groups is 4. The Morgan fingerprint density at radius 1 is 1.07 bits per heavy atom. The molecule has 9 nitrogen and oxygen atoms in total. The van der Waals surface area contributed by atoms with Crippen molar-refractivity contribution in [1.29, 1.82) is 0 Å². The van der Waals surface area contributed by atoms with Gasteiger partial charge in [0.2, 0.25) is 11.8 Å². The number of para-hydroxylation sites is 1. The first-order valence-electron chi connectivity index (χ1n) is 14.5. The molecule has 1 fully saturated rings. The third kappa shape index (κ3) is 8.13. The lowest BCUT2D eigenvalue weighted by Gasteiger charge is -2.29. The summed E-state index contributed by atoms with van der Waals surface area (Å²) in [6.45, 7) is 1.12. The monoisotopic (exact) mass is 547 g/mol. The van der Waals surface area contributed by atoms with Crippen LogP contribution in [0.5, 0.6) is 0 Å². The fourth-order valence-electron chi connectivity index (χ4n) is 5.66. The van der Waals surface area contributed by atoms with Crippen LogP contribution in [0.15, 0.2) is 48.8 Å². The molecule has 0 bridgehead atoms. The summed E-state index contributed by atoms with van der Waals surface area (Å²) in [5, 5.41) is 5.78. The van der Waals surface area contributed by atoms with Crippen molar-refractivity contribution >= 4 is 29.8 Å². The molecular formula is C31H41N5O4. The van der Waals surface area contributed by atoms with Gasteiger partial charge in [0.1, 0.15) is 12.3 Å². The van der Waals surface area contributed by atoms with Gasteiger partial charge in [0, 0.05) is 44.6 Å². The predicted molar refractivity (Wildman–Crippen MR) is 154 cm³/mol. The molecule has 214 valence electrons. The maximum Gasteiger partial charge on any atom is 0.322 e. The Morgan fingerprint density at radius 2 is 1.82 bits per heavy atom. The molecule has 4 amide bonds. The number of carbonyl (C=O) groups excluding carboxylic acids is 4. The van der Waals surface area contributed by atoms with Crippen LogP contribution in [0.4, 0.5) is 10.5 Å². The molecule has 2 N–H and O–H groups in total. The van der Waals surface area contributed by atoms with Crippen molar-refractivity contribution in [1.82, 2.24) is 20.5 Å². The Morgan fingerprint density at radius 3 is 2.58 bits per heavy atom. The molecule has 1 aliphatic carbocycles. The van der Waals surface area contributed by atoms with Crippen molar-refractivity contribution in [2.75, 3.05) is 25.0 Å². The lowest BCUT2D eigenvalue weighted by atomic mass is 9.84. The summed E-state index contributed by atoms with van der Waals surface area (Å²) < 4.78 is 0. The molecule has 1 saturated carbocycles. The highest BCUT2D eigenvalue weighted by atomic mass is 16.2. The number of nitrogens with one attached hydrogen (secondary N) is 2. The third-order valence-electron chi connectivity index (χ3n) is 8.11. The lowest BCUT2D eigenvalue weighted by molar-refractivity contribution is -0.131. The summed E-state index contributed by atoms with van der Waals surface area (Å²) in [5.74, 6) is -0.113. The van der Waals surface area contributed by atoms with E-state index in [0.29, 0.717) is 38.1 Å². The van der Waals surface area contributed by atoms with E-state index in [1.807, 2.05) is 36.4 Å². The minimum atomic E-state index is -0.802. The molecular weight excluding hydrogens is 506 g/mol. The van der Waals surface area contributed by atoms with E-state index in [1.54, 1.807) is 29.2 Å². The number of amides is 4. The number of likely N-dealkylation sites (N-methyl/N-ethyl adjacent to an activating group) is 1. The topological polar surface area (TPSA) is 112 Å². The molecule has 1 aromatic heterocycles. The Hall–Kier alpha value is -3.75. The van der Waals surface area contributed by atoms with Crippen LogP contribution in [0.3, 0.4) is 0 Å². The van der Waals surface area contributed by atoms with E-state index in [1.165, 1.54) is 6.42 Å². The zero-order valence-corrected chi connectivity index (χ0v) is 23.4. The molecule has 40 heavy (non-hydrogen) atoms. The summed E-state index contributed by atoms with van der Waals surface area (Å²) in [7, 11) is 1.74.